The van der Waals surface area contributed by atoms with Gasteiger partial charge in [0.25, 0.3) is 0 Å². The first-order valence-electron chi connectivity index (χ1n) is 5.81. The average molecular weight is 222 g/mol. The molecule has 5 heteroatoms. The summed E-state index contributed by atoms with van der Waals surface area (Å²) in [5.41, 5.74) is 2.19. The fourth-order valence-corrected chi connectivity index (χ4v) is 1.86. The van der Waals surface area contributed by atoms with Gasteiger partial charge < -0.3 is 10.1 Å². The zero-order valence-corrected chi connectivity index (χ0v) is 9.57. The van der Waals surface area contributed by atoms with Crippen LogP contribution in [-0.4, -0.2) is 28.6 Å². The minimum atomic E-state index is 0.138. The van der Waals surface area contributed by atoms with Crippen LogP contribution in [0.4, 0.5) is 0 Å². The molecule has 1 atom stereocenters. The van der Waals surface area contributed by atoms with Crippen LogP contribution in [0, 0.1) is 0 Å². The highest BCUT2D eigenvalue weighted by Gasteiger charge is 2.20. The summed E-state index contributed by atoms with van der Waals surface area (Å²) in [6.45, 7) is 3.94. The molecule has 0 saturated carbocycles. The van der Waals surface area contributed by atoms with Crippen molar-refractivity contribution >= 4 is 0 Å². The van der Waals surface area contributed by atoms with E-state index in [-0.39, 0.29) is 6.04 Å². The van der Waals surface area contributed by atoms with Crippen LogP contribution in [0.2, 0.25) is 0 Å². The van der Waals surface area contributed by atoms with Crippen molar-refractivity contribution in [2.24, 2.45) is 0 Å². The lowest BCUT2D eigenvalue weighted by atomic mass is 9.99. The molecule has 0 saturated heterocycles. The third kappa shape index (κ3) is 2.61. The number of hydrogen-bond acceptors (Lipinski definition) is 4. The van der Waals surface area contributed by atoms with Crippen LogP contribution in [0.1, 0.15) is 37.9 Å². The second kappa shape index (κ2) is 5.65. The van der Waals surface area contributed by atoms with Gasteiger partial charge >= 0.3 is 0 Å². The predicted octanol–water partition coefficient (Wildman–Crippen LogP) is 1.54. The minimum Gasteiger partial charge on any atom is -0.501 e. The van der Waals surface area contributed by atoms with Crippen LogP contribution in [0.3, 0.4) is 0 Å². The molecule has 1 aromatic rings. The van der Waals surface area contributed by atoms with Crippen molar-refractivity contribution in [3.8, 4) is 0 Å². The lowest BCUT2D eigenvalue weighted by Crippen LogP contribution is -2.25. The summed E-state index contributed by atoms with van der Waals surface area (Å²) in [5, 5.41) is 14.1. The van der Waals surface area contributed by atoms with Gasteiger partial charge in [0.2, 0.25) is 0 Å². The lowest BCUT2D eigenvalue weighted by molar-refractivity contribution is 0.219. The van der Waals surface area contributed by atoms with E-state index in [0.717, 1.165) is 38.1 Å². The fraction of sp³-hybridized carbons (Fsp3) is 0.636. The molecule has 5 nitrogen and oxygen atoms in total. The third-order valence-electron chi connectivity index (χ3n) is 2.66. The molecule has 1 aliphatic heterocycles. The quantitative estimate of drug-likeness (QED) is 0.793. The Balaban J connectivity index is 2.10. The molecule has 1 aromatic heterocycles. The number of ether oxygens (including phenoxy) is 1. The normalized spacial score (nSPS) is 17.7. The molecular weight excluding hydrogens is 204 g/mol. The standard InChI is InChI=1S/C11H18N4O/c1-2-5-12-11(10-7-13-15-14-10)9-4-3-6-16-8-9/h7-8,11-12H,2-6H2,1H3,(H,13,14,15). The van der Waals surface area contributed by atoms with Crippen LogP contribution in [0.5, 0.6) is 0 Å². The number of H-pyrrole nitrogens is 1. The van der Waals surface area contributed by atoms with E-state index in [9.17, 15) is 0 Å². The lowest BCUT2D eigenvalue weighted by Gasteiger charge is -2.22. The molecule has 0 aromatic carbocycles. The number of hydrogen-bond donors (Lipinski definition) is 2. The maximum Gasteiger partial charge on any atom is 0.104 e. The summed E-state index contributed by atoms with van der Waals surface area (Å²) >= 11 is 0. The monoisotopic (exact) mass is 222 g/mol. The zero-order chi connectivity index (χ0) is 11.2. The van der Waals surface area contributed by atoms with E-state index >= 15 is 0 Å². The molecule has 0 bridgehead atoms. The molecule has 16 heavy (non-hydrogen) atoms. The van der Waals surface area contributed by atoms with Crippen molar-refractivity contribution in [2.45, 2.75) is 32.2 Å². The highest BCUT2D eigenvalue weighted by molar-refractivity contribution is 5.19. The number of aromatic nitrogens is 3. The molecule has 2 heterocycles. The van der Waals surface area contributed by atoms with Crippen molar-refractivity contribution in [2.75, 3.05) is 13.2 Å². The molecule has 88 valence electrons. The molecule has 0 radical (unpaired) electrons. The first-order valence-corrected chi connectivity index (χ1v) is 5.81. The van der Waals surface area contributed by atoms with Gasteiger partial charge in [0, 0.05) is 0 Å². The van der Waals surface area contributed by atoms with Crippen molar-refractivity contribution < 1.29 is 4.74 Å². The highest BCUT2D eigenvalue weighted by Crippen LogP contribution is 2.25. The summed E-state index contributed by atoms with van der Waals surface area (Å²) < 4.78 is 5.38. The van der Waals surface area contributed by atoms with Gasteiger partial charge in [-0.1, -0.05) is 6.92 Å². The van der Waals surface area contributed by atoms with Crippen LogP contribution < -0.4 is 5.32 Å². The first-order chi connectivity index (χ1) is 7.92. The van der Waals surface area contributed by atoms with Crippen LogP contribution in [0.15, 0.2) is 18.0 Å². The number of aromatic amines is 1. The fourth-order valence-electron chi connectivity index (χ4n) is 1.86. The molecule has 0 spiro atoms. The maximum absolute atomic E-state index is 5.38. The topological polar surface area (TPSA) is 62.8 Å². The van der Waals surface area contributed by atoms with Gasteiger partial charge in [-0.2, -0.15) is 15.4 Å². The Morgan fingerprint density at radius 2 is 2.56 bits per heavy atom. The molecule has 0 aliphatic carbocycles. The summed E-state index contributed by atoms with van der Waals surface area (Å²) in [6, 6.07) is 0.138. The Labute approximate surface area is 95.3 Å². The number of nitrogens with one attached hydrogen (secondary N) is 2. The van der Waals surface area contributed by atoms with Crippen LogP contribution >= 0.6 is 0 Å². The largest absolute Gasteiger partial charge is 0.501 e. The SMILES string of the molecule is CCCNC(C1=COCCC1)c1cn[nH]n1. The van der Waals surface area contributed by atoms with E-state index in [1.54, 1.807) is 6.20 Å². The van der Waals surface area contributed by atoms with Crippen LogP contribution in [-0.2, 0) is 4.74 Å². The second-order valence-corrected chi connectivity index (χ2v) is 3.95. The van der Waals surface area contributed by atoms with Crippen molar-refractivity contribution in [3.05, 3.63) is 23.7 Å². The molecule has 1 aliphatic rings. The Morgan fingerprint density at radius 3 is 3.19 bits per heavy atom. The molecule has 0 amide bonds. The molecule has 2 N–H and O–H groups in total. The van der Waals surface area contributed by atoms with E-state index in [1.165, 1.54) is 5.57 Å². The Hall–Kier alpha value is -1.36. The van der Waals surface area contributed by atoms with E-state index in [1.807, 2.05) is 6.26 Å². The van der Waals surface area contributed by atoms with Gasteiger partial charge in [0.15, 0.2) is 0 Å². The Bertz CT molecular complexity index is 334. The number of nitrogens with zero attached hydrogens (tertiary/aromatic N) is 2. The number of rotatable bonds is 5. The molecule has 1 unspecified atom stereocenters. The molecule has 0 fully saturated rings. The van der Waals surface area contributed by atoms with Crippen molar-refractivity contribution in [1.82, 2.24) is 20.7 Å². The second-order valence-electron chi connectivity index (χ2n) is 3.95. The minimum absolute atomic E-state index is 0.138. The van der Waals surface area contributed by atoms with E-state index in [2.05, 4.69) is 27.7 Å². The summed E-state index contributed by atoms with van der Waals surface area (Å²) in [4.78, 5) is 0. The Morgan fingerprint density at radius 1 is 1.62 bits per heavy atom. The smallest absolute Gasteiger partial charge is 0.104 e. The van der Waals surface area contributed by atoms with Gasteiger partial charge in [-0.3, -0.25) is 0 Å². The van der Waals surface area contributed by atoms with E-state index < -0.39 is 0 Å². The first kappa shape index (κ1) is 11.1. The predicted molar refractivity (Wildman–Crippen MR) is 60.7 cm³/mol. The van der Waals surface area contributed by atoms with Gasteiger partial charge in [0.05, 0.1) is 25.1 Å². The molecular formula is C11H18N4O. The average Bonchev–Trinajstić information content (AvgIpc) is 2.85. The zero-order valence-electron chi connectivity index (χ0n) is 9.57. The third-order valence-corrected chi connectivity index (χ3v) is 2.66. The molecule has 2 rings (SSSR count). The van der Waals surface area contributed by atoms with Crippen molar-refractivity contribution in [1.29, 1.82) is 0 Å². The van der Waals surface area contributed by atoms with Crippen molar-refractivity contribution in [3.63, 3.8) is 0 Å². The summed E-state index contributed by atoms with van der Waals surface area (Å²) in [6.07, 6.45) is 6.87. The maximum atomic E-state index is 5.38. The summed E-state index contributed by atoms with van der Waals surface area (Å²) in [5.74, 6) is 0. The van der Waals surface area contributed by atoms with Gasteiger partial charge in [-0.25, -0.2) is 0 Å². The van der Waals surface area contributed by atoms with E-state index in [4.69, 9.17) is 4.74 Å². The Kier molecular flexibility index (Phi) is 3.93. The van der Waals surface area contributed by atoms with Crippen LogP contribution in [0.25, 0.3) is 0 Å². The summed E-state index contributed by atoms with van der Waals surface area (Å²) in [7, 11) is 0. The van der Waals surface area contributed by atoms with E-state index in [0.29, 0.717) is 0 Å². The highest BCUT2D eigenvalue weighted by atomic mass is 16.5. The van der Waals surface area contributed by atoms with Gasteiger partial charge in [-0.15, -0.1) is 0 Å². The van der Waals surface area contributed by atoms with Gasteiger partial charge in [0.1, 0.15) is 5.69 Å². The van der Waals surface area contributed by atoms with Gasteiger partial charge in [-0.05, 0) is 31.4 Å².